The smallest absolute Gasteiger partial charge is 0.249 e. The minimum atomic E-state index is -0.266. The van der Waals surface area contributed by atoms with Gasteiger partial charge in [0.05, 0.1) is 0 Å². The largest absolute Gasteiger partial charge is 0.374 e. The lowest BCUT2D eigenvalue weighted by molar-refractivity contribution is 0.368. The number of benzene rings is 2. The van der Waals surface area contributed by atoms with Crippen LogP contribution in [-0.2, 0) is 0 Å². The fourth-order valence-electron chi connectivity index (χ4n) is 1.97. The lowest BCUT2D eigenvalue weighted by Crippen LogP contribution is -2.06. The highest BCUT2D eigenvalue weighted by Gasteiger charge is 2.15. The van der Waals surface area contributed by atoms with Crippen LogP contribution in [-0.4, -0.2) is 10.1 Å². The molecular weight excluding hydrogens is 269 g/mol. The number of nitrogens with one attached hydrogen (secondary N) is 1. The first-order valence-electron chi connectivity index (χ1n) is 6.63. The average Bonchev–Trinajstić information content (AvgIpc) is 3.00. The van der Waals surface area contributed by atoms with Gasteiger partial charge in [-0.3, -0.25) is 0 Å². The highest BCUT2D eigenvalue weighted by Crippen LogP contribution is 2.21. The zero-order valence-electron chi connectivity index (χ0n) is 11.5. The molecule has 2 aromatic carbocycles. The van der Waals surface area contributed by atoms with Gasteiger partial charge in [-0.2, -0.15) is 4.98 Å². The van der Waals surface area contributed by atoms with Crippen LogP contribution in [0.5, 0.6) is 0 Å². The van der Waals surface area contributed by atoms with E-state index in [-0.39, 0.29) is 11.9 Å². The van der Waals surface area contributed by atoms with Crippen molar-refractivity contribution < 1.29 is 8.91 Å². The molecule has 1 N–H and O–H groups in total. The summed E-state index contributed by atoms with van der Waals surface area (Å²) in [5.74, 6) is 0.772. The van der Waals surface area contributed by atoms with E-state index in [0.717, 1.165) is 11.3 Å². The van der Waals surface area contributed by atoms with E-state index in [0.29, 0.717) is 11.7 Å². The third-order valence-electron chi connectivity index (χ3n) is 3.07. The zero-order chi connectivity index (χ0) is 14.7. The van der Waals surface area contributed by atoms with Crippen LogP contribution < -0.4 is 5.32 Å². The summed E-state index contributed by atoms with van der Waals surface area (Å²) in [5, 5.41) is 7.16. The molecule has 4 nitrogen and oxygen atoms in total. The normalized spacial score (nSPS) is 12.1. The first kappa shape index (κ1) is 13.3. The molecule has 0 radical (unpaired) electrons. The molecule has 3 aromatic rings. The van der Waals surface area contributed by atoms with Crippen LogP contribution in [0.25, 0.3) is 11.4 Å². The molecule has 5 heteroatoms. The van der Waals surface area contributed by atoms with Crippen molar-refractivity contribution in [1.29, 1.82) is 0 Å². The van der Waals surface area contributed by atoms with Crippen molar-refractivity contribution >= 4 is 5.69 Å². The second-order valence-corrected chi connectivity index (χ2v) is 4.70. The summed E-state index contributed by atoms with van der Waals surface area (Å²) in [6.07, 6.45) is 0. The van der Waals surface area contributed by atoms with E-state index in [4.69, 9.17) is 4.52 Å². The molecule has 3 rings (SSSR count). The summed E-state index contributed by atoms with van der Waals surface area (Å²) in [4.78, 5) is 4.38. The predicted molar refractivity (Wildman–Crippen MR) is 78.2 cm³/mol. The summed E-state index contributed by atoms with van der Waals surface area (Å²) in [6, 6.07) is 15.6. The monoisotopic (exact) mass is 283 g/mol. The number of halogens is 1. The van der Waals surface area contributed by atoms with Crippen molar-refractivity contribution in [1.82, 2.24) is 10.1 Å². The molecule has 0 aliphatic heterocycles. The Morgan fingerprint density at radius 3 is 2.48 bits per heavy atom. The first-order valence-corrected chi connectivity index (χ1v) is 6.63. The van der Waals surface area contributed by atoms with E-state index >= 15 is 0 Å². The summed E-state index contributed by atoms with van der Waals surface area (Å²) < 4.78 is 18.1. The molecule has 1 atom stereocenters. The summed E-state index contributed by atoms with van der Waals surface area (Å²) in [5.41, 5.74) is 1.70. The van der Waals surface area contributed by atoms with Crippen LogP contribution in [0.3, 0.4) is 0 Å². The average molecular weight is 283 g/mol. The van der Waals surface area contributed by atoms with Crippen LogP contribution in [0.2, 0.25) is 0 Å². The quantitative estimate of drug-likeness (QED) is 0.784. The molecule has 0 amide bonds. The van der Waals surface area contributed by atoms with Crippen molar-refractivity contribution in [2.45, 2.75) is 13.0 Å². The van der Waals surface area contributed by atoms with Gasteiger partial charge >= 0.3 is 0 Å². The van der Waals surface area contributed by atoms with Crippen molar-refractivity contribution in [3.63, 3.8) is 0 Å². The zero-order valence-corrected chi connectivity index (χ0v) is 11.5. The standard InChI is InChI=1S/C16H14FN3O/c1-11(18-14-9-7-13(17)8-10-14)16-19-15(20-21-16)12-5-3-2-4-6-12/h2-11,18H,1H3/t11-/m1/s1. The molecule has 0 unspecified atom stereocenters. The van der Waals surface area contributed by atoms with Crippen LogP contribution in [0, 0.1) is 5.82 Å². The molecule has 0 aliphatic carbocycles. The van der Waals surface area contributed by atoms with Crippen LogP contribution >= 0.6 is 0 Å². The maximum atomic E-state index is 12.9. The number of rotatable bonds is 4. The third kappa shape index (κ3) is 3.08. The van der Waals surface area contributed by atoms with Crippen LogP contribution in [0.4, 0.5) is 10.1 Å². The number of anilines is 1. The Morgan fingerprint density at radius 2 is 1.76 bits per heavy atom. The molecule has 1 heterocycles. The molecule has 0 saturated heterocycles. The van der Waals surface area contributed by atoms with Gasteiger partial charge in [0, 0.05) is 11.3 Å². The number of hydrogen-bond donors (Lipinski definition) is 1. The van der Waals surface area contributed by atoms with Crippen molar-refractivity contribution in [3.05, 3.63) is 66.3 Å². The van der Waals surface area contributed by atoms with Gasteiger partial charge in [-0.25, -0.2) is 4.39 Å². The molecule has 1 aromatic heterocycles. The summed E-state index contributed by atoms with van der Waals surface area (Å²) in [6.45, 7) is 1.91. The number of aromatic nitrogens is 2. The summed E-state index contributed by atoms with van der Waals surface area (Å²) in [7, 11) is 0. The molecular formula is C16H14FN3O. The maximum absolute atomic E-state index is 12.9. The van der Waals surface area contributed by atoms with Gasteiger partial charge < -0.3 is 9.84 Å². The minimum Gasteiger partial charge on any atom is -0.374 e. The highest BCUT2D eigenvalue weighted by atomic mass is 19.1. The Morgan fingerprint density at radius 1 is 1.05 bits per heavy atom. The molecule has 21 heavy (non-hydrogen) atoms. The Bertz CT molecular complexity index is 710. The number of nitrogens with zero attached hydrogens (tertiary/aromatic N) is 2. The van der Waals surface area contributed by atoms with Crippen LogP contribution in [0.15, 0.2) is 59.1 Å². The van der Waals surface area contributed by atoms with Gasteiger partial charge in [-0.1, -0.05) is 35.5 Å². The van der Waals surface area contributed by atoms with E-state index < -0.39 is 0 Å². The molecule has 0 spiro atoms. The van der Waals surface area contributed by atoms with Crippen molar-refractivity contribution in [2.75, 3.05) is 5.32 Å². The lowest BCUT2D eigenvalue weighted by atomic mass is 10.2. The lowest BCUT2D eigenvalue weighted by Gasteiger charge is -2.10. The Kier molecular flexibility index (Phi) is 3.64. The third-order valence-corrected chi connectivity index (χ3v) is 3.07. The van der Waals surface area contributed by atoms with E-state index in [1.165, 1.54) is 12.1 Å². The molecule has 0 bridgehead atoms. The SMILES string of the molecule is C[C@@H](Nc1ccc(F)cc1)c1nc(-c2ccccc2)no1. The Balaban J connectivity index is 1.75. The molecule has 106 valence electrons. The van der Waals surface area contributed by atoms with Crippen molar-refractivity contribution in [3.8, 4) is 11.4 Å². The molecule has 0 aliphatic rings. The van der Waals surface area contributed by atoms with Gasteiger partial charge in [0.15, 0.2) is 0 Å². The molecule has 0 fully saturated rings. The topological polar surface area (TPSA) is 51.0 Å². The van der Waals surface area contributed by atoms with Gasteiger partial charge in [-0.05, 0) is 31.2 Å². The van der Waals surface area contributed by atoms with Gasteiger partial charge in [0.25, 0.3) is 0 Å². The fraction of sp³-hybridized carbons (Fsp3) is 0.125. The second kappa shape index (κ2) is 5.75. The van der Waals surface area contributed by atoms with Gasteiger partial charge in [-0.15, -0.1) is 0 Å². The first-order chi connectivity index (χ1) is 10.2. The van der Waals surface area contributed by atoms with Gasteiger partial charge in [0.1, 0.15) is 11.9 Å². The Hall–Kier alpha value is -2.69. The van der Waals surface area contributed by atoms with E-state index in [1.807, 2.05) is 37.3 Å². The van der Waals surface area contributed by atoms with E-state index in [1.54, 1.807) is 12.1 Å². The summed E-state index contributed by atoms with van der Waals surface area (Å²) >= 11 is 0. The van der Waals surface area contributed by atoms with Gasteiger partial charge in [0.2, 0.25) is 11.7 Å². The number of hydrogen-bond acceptors (Lipinski definition) is 4. The fourth-order valence-corrected chi connectivity index (χ4v) is 1.97. The highest BCUT2D eigenvalue weighted by molar-refractivity contribution is 5.53. The maximum Gasteiger partial charge on any atom is 0.249 e. The van der Waals surface area contributed by atoms with Crippen molar-refractivity contribution in [2.24, 2.45) is 0 Å². The van der Waals surface area contributed by atoms with E-state index in [9.17, 15) is 4.39 Å². The predicted octanol–water partition coefficient (Wildman–Crippen LogP) is 4.05. The molecule has 0 saturated carbocycles. The minimum absolute atomic E-state index is 0.166. The van der Waals surface area contributed by atoms with Crippen LogP contribution in [0.1, 0.15) is 18.9 Å². The van der Waals surface area contributed by atoms with E-state index in [2.05, 4.69) is 15.5 Å². The Labute approximate surface area is 121 Å². The second-order valence-electron chi connectivity index (χ2n) is 4.70.